The van der Waals surface area contributed by atoms with Crippen molar-refractivity contribution < 1.29 is 14.6 Å². The zero-order valence-electron chi connectivity index (χ0n) is 27.5. The number of anilines is 2. The van der Waals surface area contributed by atoms with Gasteiger partial charge in [0.25, 0.3) is 11.8 Å². The largest absolute Gasteiger partial charge is 0.507 e. The van der Waals surface area contributed by atoms with Crippen molar-refractivity contribution in [3.63, 3.8) is 0 Å². The van der Waals surface area contributed by atoms with E-state index in [-0.39, 0.29) is 17.7 Å². The number of carbonyl (C=O) groups is 1. The summed E-state index contributed by atoms with van der Waals surface area (Å²) in [6.07, 6.45) is 7.39. The lowest BCUT2D eigenvalue weighted by Crippen LogP contribution is -2.52. The van der Waals surface area contributed by atoms with Gasteiger partial charge in [-0.25, -0.2) is 9.97 Å². The number of hydrogen-bond donors (Lipinski definition) is 4. The van der Waals surface area contributed by atoms with E-state index in [4.69, 9.17) is 9.72 Å². The number of phenols is 1. The Labute approximate surface area is 274 Å². The normalized spacial score (nSPS) is 14.7. The number of aromatic amines is 1. The molecule has 0 saturated carbocycles. The molecule has 2 aromatic carbocycles. The molecule has 0 radical (unpaired) electrons. The molecular weight excluding hydrogens is 594 g/mol. The van der Waals surface area contributed by atoms with Crippen LogP contribution >= 0.6 is 0 Å². The Kier molecular flexibility index (Phi) is 9.69. The second-order valence-electron chi connectivity index (χ2n) is 12.1. The van der Waals surface area contributed by atoms with Gasteiger partial charge in [-0.1, -0.05) is 30.3 Å². The van der Waals surface area contributed by atoms with Gasteiger partial charge in [0, 0.05) is 74.7 Å². The number of amides is 1. The number of likely N-dealkylation sites (N-methyl/N-ethyl adjacent to an activating group) is 1. The van der Waals surface area contributed by atoms with Crippen molar-refractivity contribution in [2.24, 2.45) is 7.05 Å². The molecule has 12 heteroatoms. The molecule has 1 fully saturated rings. The summed E-state index contributed by atoms with van der Waals surface area (Å²) in [5.74, 6) is 0.700. The minimum atomic E-state index is -0.259. The Morgan fingerprint density at radius 1 is 1.11 bits per heavy atom. The molecule has 0 bridgehead atoms. The predicted octanol–water partition coefficient (Wildman–Crippen LogP) is 4.49. The molecule has 1 atom stereocenters. The van der Waals surface area contributed by atoms with Crippen LogP contribution in [0, 0.1) is 6.92 Å². The number of nitrogens with zero attached hydrogens (tertiary/aromatic N) is 6. The van der Waals surface area contributed by atoms with E-state index in [2.05, 4.69) is 60.7 Å². The number of ether oxygens (including phenoxy) is 1. The highest BCUT2D eigenvalue weighted by molar-refractivity contribution is 5.97. The molecular formula is C35H43N9O3. The quantitative estimate of drug-likeness (QED) is 0.156. The Morgan fingerprint density at radius 3 is 2.70 bits per heavy atom. The first-order valence-corrected chi connectivity index (χ1v) is 16.2. The van der Waals surface area contributed by atoms with Crippen LogP contribution in [0.3, 0.4) is 0 Å². The van der Waals surface area contributed by atoms with Crippen molar-refractivity contribution in [3.05, 3.63) is 77.7 Å². The lowest BCUT2D eigenvalue weighted by molar-refractivity contribution is 0.0872. The van der Waals surface area contributed by atoms with E-state index in [0.29, 0.717) is 36.2 Å². The van der Waals surface area contributed by atoms with Crippen LogP contribution in [0.4, 0.5) is 11.6 Å². The number of hydrogen-bond acceptors (Lipinski definition) is 9. The van der Waals surface area contributed by atoms with E-state index in [0.717, 1.165) is 66.7 Å². The zero-order valence-corrected chi connectivity index (χ0v) is 27.5. The fraction of sp³-hybridized carbons (Fsp3) is 0.371. The van der Waals surface area contributed by atoms with Gasteiger partial charge < -0.3 is 30.4 Å². The highest BCUT2D eigenvalue weighted by Crippen LogP contribution is 2.33. The molecule has 1 aliphatic rings. The van der Waals surface area contributed by atoms with E-state index >= 15 is 0 Å². The molecule has 1 aliphatic heterocycles. The molecule has 5 aromatic rings. The second-order valence-corrected chi connectivity index (χ2v) is 12.1. The zero-order chi connectivity index (χ0) is 32.9. The number of fused-ring (bicyclic) bond motifs is 1. The first-order valence-electron chi connectivity index (χ1n) is 16.2. The number of rotatable bonds is 12. The van der Waals surface area contributed by atoms with Gasteiger partial charge in [-0.15, -0.1) is 5.10 Å². The second kappa shape index (κ2) is 14.2. The van der Waals surface area contributed by atoms with Gasteiger partial charge in [0.15, 0.2) is 0 Å². The summed E-state index contributed by atoms with van der Waals surface area (Å²) in [6.45, 7) is 8.81. The lowest BCUT2D eigenvalue weighted by atomic mass is 9.99. The number of aromatic nitrogens is 5. The Hall–Kier alpha value is -4.94. The first kappa shape index (κ1) is 32.0. The monoisotopic (exact) mass is 637 g/mol. The standard InChI is InChI=1S/C35H43N9O3/c1-5-47-34-29(22-43(4)41-34)39-35-38-19-23(2)31(40-35)28-21-36-32-24(9-8-11-26(28)32)13-14-25(44-17-15-42(3)16-18-44)20-37-33(46)27-10-6-7-12-30(27)45/h6-12,19,21-22,25,36,45H,5,13-18,20H2,1-4H3,(H,37,46)(H,38,39,40)/t25-/m0/s1. The van der Waals surface area contributed by atoms with Gasteiger partial charge in [-0.2, -0.15) is 0 Å². The third kappa shape index (κ3) is 7.23. The highest BCUT2D eigenvalue weighted by Gasteiger charge is 2.24. The van der Waals surface area contributed by atoms with E-state index < -0.39 is 0 Å². The maximum atomic E-state index is 13.0. The number of carbonyl (C=O) groups excluding carboxylic acids is 1. The van der Waals surface area contributed by atoms with E-state index in [1.807, 2.05) is 39.5 Å². The molecule has 4 heterocycles. The SMILES string of the molecule is CCOc1nn(C)cc1Nc1ncc(C)c(-c2c[nH]c3c(CC[C@@H](CNC(=O)c4ccccc4O)N4CCN(C)CC4)cccc23)n1. The van der Waals surface area contributed by atoms with Crippen molar-refractivity contribution in [2.75, 3.05) is 51.7 Å². The fourth-order valence-corrected chi connectivity index (χ4v) is 6.21. The average Bonchev–Trinajstić information content (AvgIpc) is 3.65. The number of para-hydroxylation sites is 2. The molecule has 0 aliphatic carbocycles. The Balaban J connectivity index is 1.21. The number of H-pyrrole nitrogens is 1. The van der Waals surface area contributed by atoms with E-state index in [1.165, 1.54) is 11.6 Å². The number of phenolic OH excluding ortho intramolecular Hbond substituents is 1. The Bertz CT molecular complexity index is 1840. The van der Waals surface area contributed by atoms with Crippen LogP contribution in [0.1, 0.15) is 34.8 Å². The van der Waals surface area contributed by atoms with Gasteiger partial charge in [0.2, 0.25) is 5.95 Å². The van der Waals surface area contributed by atoms with E-state index in [1.54, 1.807) is 22.9 Å². The first-order chi connectivity index (χ1) is 22.8. The van der Waals surface area contributed by atoms with Crippen LogP contribution in [-0.2, 0) is 13.5 Å². The Morgan fingerprint density at radius 2 is 1.91 bits per heavy atom. The summed E-state index contributed by atoms with van der Waals surface area (Å²) >= 11 is 0. The number of piperazine rings is 1. The van der Waals surface area contributed by atoms with Crippen molar-refractivity contribution in [2.45, 2.75) is 32.7 Å². The fourth-order valence-electron chi connectivity index (χ4n) is 6.21. The molecule has 1 saturated heterocycles. The minimum absolute atomic E-state index is 0.00969. The smallest absolute Gasteiger partial charge is 0.256 e. The summed E-state index contributed by atoms with van der Waals surface area (Å²) < 4.78 is 7.37. The summed E-state index contributed by atoms with van der Waals surface area (Å²) in [4.78, 5) is 30.7. The van der Waals surface area contributed by atoms with Crippen LogP contribution in [0.2, 0.25) is 0 Å². The average molecular weight is 638 g/mol. The maximum Gasteiger partial charge on any atom is 0.256 e. The number of aromatic hydroxyl groups is 1. The van der Waals surface area contributed by atoms with Gasteiger partial charge in [-0.05, 0) is 57.0 Å². The molecule has 6 rings (SSSR count). The van der Waals surface area contributed by atoms with Crippen LogP contribution in [-0.4, -0.2) is 98.0 Å². The highest BCUT2D eigenvalue weighted by atomic mass is 16.5. The van der Waals surface area contributed by atoms with Gasteiger partial charge in [0.05, 0.1) is 24.1 Å². The molecule has 12 nitrogen and oxygen atoms in total. The number of benzene rings is 2. The van der Waals surface area contributed by atoms with E-state index in [9.17, 15) is 9.90 Å². The molecule has 1 amide bonds. The minimum Gasteiger partial charge on any atom is -0.507 e. The van der Waals surface area contributed by atoms with Crippen molar-refractivity contribution in [3.8, 4) is 22.9 Å². The van der Waals surface area contributed by atoms with Crippen molar-refractivity contribution in [1.29, 1.82) is 0 Å². The predicted molar refractivity (Wildman–Crippen MR) is 183 cm³/mol. The molecule has 246 valence electrons. The lowest BCUT2D eigenvalue weighted by Gasteiger charge is -2.38. The van der Waals surface area contributed by atoms with Crippen LogP contribution in [0.5, 0.6) is 11.6 Å². The topological polar surface area (TPSA) is 136 Å². The van der Waals surface area contributed by atoms with Gasteiger partial charge >= 0.3 is 0 Å². The van der Waals surface area contributed by atoms with Crippen molar-refractivity contribution >= 4 is 28.4 Å². The molecule has 4 N–H and O–H groups in total. The molecule has 3 aromatic heterocycles. The maximum absolute atomic E-state index is 13.0. The van der Waals surface area contributed by atoms with Crippen LogP contribution in [0.25, 0.3) is 22.2 Å². The summed E-state index contributed by atoms with van der Waals surface area (Å²) in [5, 5.41) is 22.0. The van der Waals surface area contributed by atoms with Gasteiger partial charge in [0.1, 0.15) is 11.4 Å². The van der Waals surface area contributed by atoms with Crippen molar-refractivity contribution in [1.82, 2.24) is 39.8 Å². The summed E-state index contributed by atoms with van der Waals surface area (Å²) in [7, 11) is 3.99. The number of nitrogens with one attached hydrogen (secondary N) is 3. The van der Waals surface area contributed by atoms with Gasteiger partial charge in [-0.3, -0.25) is 14.4 Å². The summed E-state index contributed by atoms with van der Waals surface area (Å²) in [5.41, 5.74) is 6.10. The molecule has 47 heavy (non-hydrogen) atoms. The van der Waals surface area contributed by atoms with Crippen LogP contribution in [0.15, 0.2) is 61.1 Å². The molecule has 0 spiro atoms. The number of aryl methyl sites for hydroxylation is 3. The third-order valence-electron chi connectivity index (χ3n) is 8.80. The van der Waals surface area contributed by atoms with Crippen LogP contribution < -0.4 is 15.4 Å². The molecule has 0 unspecified atom stereocenters. The summed E-state index contributed by atoms with van der Waals surface area (Å²) in [6, 6.07) is 13.2. The third-order valence-corrected chi connectivity index (χ3v) is 8.80.